The number of likely N-dealkylation sites (tertiary alicyclic amines) is 1. The summed E-state index contributed by atoms with van der Waals surface area (Å²) in [5.74, 6) is -3.71. The average Bonchev–Trinajstić information content (AvgIpc) is 3.13. The lowest BCUT2D eigenvalue weighted by Crippen LogP contribution is -2.60. The number of rotatable bonds is 7. The van der Waals surface area contributed by atoms with Crippen LogP contribution in [0.5, 0.6) is 0 Å². The van der Waals surface area contributed by atoms with Gasteiger partial charge in [-0.3, -0.25) is 24.2 Å². The Kier molecular flexibility index (Phi) is 8.31. The van der Waals surface area contributed by atoms with Crippen LogP contribution in [0.25, 0.3) is 0 Å². The molecule has 0 saturated carbocycles. The minimum Gasteiger partial charge on any atom is -0.378 e. The van der Waals surface area contributed by atoms with Gasteiger partial charge < -0.3 is 20.3 Å². The zero-order chi connectivity index (χ0) is 32.0. The van der Waals surface area contributed by atoms with E-state index in [2.05, 4.69) is 10.6 Å². The first-order chi connectivity index (χ1) is 20.7. The molecule has 2 N–H and O–H groups in total. The second-order valence-corrected chi connectivity index (χ2v) is 11.7. The molecule has 0 aromatic heterocycles. The van der Waals surface area contributed by atoms with Gasteiger partial charge in [-0.2, -0.15) is 13.2 Å². The zero-order valence-electron chi connectivity index (χ0n) is 24.4. The van der Waals surface area contributed by atoms with Crippen LogP contribution in [0.3, 0.4) is 0 Å². The number of alkyl halides is 3. The summed E-state index contributed by atoms with van der Waals surface area (Å²) in [7, 11) is 1.41. The van der Waals surface area contributed by atoms with E-state index in [0.29, 0.717) is 37.1 Å². The normalized spacial score (nSPS) is 19.4. The van der Waals surface area contributed by atoms with Gasteiger partial charge in [0.05, 0.1) is 30.4 Å². The van der Waals surface area contributed by atoms with E-state index >= 15 is 0 Å². The van der Waals surface area contributed by atoms with Crippen molar-refractivity contribution in [2.45, 2.75) is 50.5 Å². The maximum Gasteiger partial charge on any atom is 0.416 e. The fraction of sp³-hybridized carbons (Fsp3) is 0.467. The molecule has 0 radical (unpaired) electrons. The molecule has 14 heteroatoms. The predicted octanol–water partition coefficient (Wildman–Crippen LogP) is 3.87. The molecule has 2 aromatic rings. The molecule has 0 unspecified atom stereocenters. The first kappa shape index (κ1) is 31.2. The van der Waals surface area contributed by atoms with Gasteiger partial charge in [0.2, 0.25) is 5.91 Å². The molecule has 0 bridgehead atoms. The summed E-state index contributed by atoms with van der Waals surface area (Å²) in [6.45, 7) is 4.63. The number of carbonyl (C=O) groups is 4. The Labute approximate surface area is 251 Å². The van der Waals surface area contributed by atoms with Crippen molar-refractivity contribution in [2.24, 2.45) is 5.92 Å². The molecule has 1 spiro atoms. The monoisotopic (exact) mass is 619 g/mol. The van der Waals surface area contributed by atoms with E-state index in [1.54, 1.807) is 26.0 Å². The second kappa shape index (κ2) is 11.7. The van der Waals surface area contributed by atoms with Gasteiger partial charge in [-0.15, -0.1) is 0 Å². The molecule has 3 heterocycles. The molecular weight excluding hydrogens is 586 g/mol. The van der Waals surface area contributed by atoms with E-state index in [0.717, 1.165) is 10.6 Å². The fourth-order valence-electron chi connectivity index (χ4n) is 5.79. The molecule has 3 aliphatic rings. The molecule has 2 aromatic carbocycles. The fourth-order valence-corrected chi connectivity index (χ4v) is 5.79. The van der Waals surface area contributed by atoms with E-state index in [1.807, 2.05) is 12.1 Å². The first-order valence-corrected chi connectivity index (χ1v) is 14.3. The lowest BCUT2D eigenvalue weighted by Gasteiger charge is -2.43. The highest BCUT2D eigenvalue weighted by Gasteiger charge is 2.58. The van der Waals surface area contributed by atoms with Crippen molar-refractivity contribution in [3.8, 4) is 0 Å². The van der Waals surface area contributed by atoms with E-state index in [1.165, 1.54) is 16.8 Å². The number of carbonyl (C=O) groups excluding carboxylic acids is 4. The molecule has 44 heavy (non-hydrogen) atoms. The number of ether oxygens (including phenoxy) is 1. The lowest BCUT2D eigenvalue weighted by molar-refractivity contribution is -0.139. The van der Waals surface area contributed by atoms with E-state index in [-0.39, 0.29) is 32.0 Å². The van der Waals surface area contributed by atoms with Crippen LogP contribution in [-0.4, -0.2) is 84.5 Å². The topological polar surface area (TPSA) is 111 Å². The van der Waals surface area contributed by atoms with Gasteiger partial charge in [0, 0.05) is 31.5 Å². The third kappa shape index (κ3) is 5.70. The molecule has 236 valence electrons. The minimum atomic E-state index is -4.79. The van der Waals surface area contributed by atoms with Gasteiger partial charge in [0.1, 0.15) is 17.4 Å². The smallest absolute Gasteiger partial charge is 0.378 e. The van der Waals surface area contributed by atoms with Crippen LogP contribution in [0.15, 0.2) is 42.5 Å². The highest BCUT2D eigenvalue weighted by molar-refractivity contribution is 6.16. The highest BCUT2D eigenvalue weighted by Crippen LogP contribution is 2.41. The highest BCUT2D eigenvalue weighted by atomic mass is 19.4. The van der Waals surface area contributed by atoms with Crippen LogP contribution >= 0.6 is 0 Å². The maximum atomic E-state index is 14.4. The largest absolute Gasteiger partial charge is 0.416 e. The Morgan fingerprint density at radius 1 is 1.02 bits per heavy atom. The Morgan fingerprint density at radius 2 is 1.66 bits per heavy atom. The van der Waals surface area contributed by atoms with Gasteiger partial charge in [0.25, 0.3) is 11.8 Å². The van der Waals surface area contributed by atoms with Crippen molar-refractivity contribution in [1.82, 2.24) is 15.1 Å². The predicted molar refractivity (Wildman–Crippen MR) is 151 cm³/mol. The van der Waals surface area contributed by atoms with Crippen LogP contribution < -0.4 is 15.5 Å². The summed E-state index contributed by atoms with van der Waals surface area (Å²) in [6, 6.07) is 7.19. The number of hydrogen-bond donors (Lipinski definition) is 2. The summed E-state index contributed by atoms with van der Waals surface area (Å²) >= 11 is 0. The summed E-state index contributed by atoms with van der Waals surface area (Å²) in [5, 5.41) is 5.72. The SMILES string of the molecule is CC(C)[C@@H](NC(=O)c1cc(C(F)(F)F)ccc1F)C(=O)N1CCC2(CC1)C(=O)N(C)C(=O)N2c1ccc(NC2COC2)cc1. The van der Waals surface area contributed by atoms with Crippen LogP contribution in [0.1, 0.15) is 42.6 Å². The van der Waals surface area contributed by atoms with Gasteiger partial charge in [0.15, 0.2) is 0 Å². The average molecular weight is 620 g/mol. The van der Waals surface area contributed by atoms with E-state index < -0.39 is 64.4 Å². The number of nitrogens with zero attached hydrogens (tertiary/aromatic N) is 3. The number of urea groups is 1. The summed E-state index contributed by atoms with van der Waals surface area (Å²) in [5.41, 5.74) is -1.88. The van der Waals surface area contributed by atoms with E-state index in [4.69, 9.17) is 4.74 Å². The number of imide groups is 1. The van der Waals surface area contributed by atoms with Gasteiger partial charge >= 0.3 is 12.2 Å². The molecular formula is C30H33F4N5O5. The summed E-state index contributed by atoms with van der Waals surface area (Å²) < 4.78 is 59.0. The van der Waals surface area contributed by atoms with Crippen LogP contribution in [0, 0.1) is 11.7 Å². The molecule has 3 saturated heterocycles. The second-order valence-electron chi connectivity index (χ2n) is 11.7. The minimum absolute atomic E-state index is 0.0700. The van der Waals surface area contributed by atoms with Crippen LogP contribution in [0.4, 0.5) is 33.7 Å². The van der Waals surface area contributed by atoms with Crippen LogP contribution in [0.2, 0.25) is 0 Å². The van der Waals surface area contributed by atoms with Crippen molar-refractivity contribution in [3.63, 3.8) is 0 Å². The molecule has 10 nitrogen and oxygen atoms in total. The molecule has 3 fully saturated rings. The third-order valence-corrected chi connectivity index (χ3v) is 8.40. The van der Waals surface area contributed by atoms with Crippen molar-refractivity contribution in [1.29, 1.82) is 0 Å². The zero-order valence-corrected chi connectivity index (χ0v) is 24.4. The quantitative estimate of drug-likeness (QED) is 0.360. The molecule has 5 rings (SSSR count). The van der Waals surface area contributed by atoms with Crippen molar-refractivity contribution < 1.29 is 41.5 Å². The summed E-state index contributed by atoms with van der Waals surface area (Å²) in [4.78, 5) is 57.1. The molecule has 1 atom stereocenters. The van der Waals surface area contributed by atoms with E-state index in [9.17, 15) is 36.7 Å². The van der Waals surface area contributed by atoms with Gasteiger partial charge in [-0.25, -0.2) is 9.18 Å². The number of piperidine rings is 1. The molecule has 0 aliphatic carbocycles. The standard InChI is InChI=1S/C30H33F4N5O5/c1-17(2)24(36-25(40)22-14-18(30(32,33)34)4-9-23(22)31)26(41)38-12-10-29(11-13-38)27(42)37(3)28(43)39(29)21-7-5-19(6-8-21)35-20-15-44-16-20/h4-9,14,17,20,24,35H,10-13,15-16H2,1-3H3,(H,36,40)/t24-/m1/s1. The number of halogens is 4. The van der Waals surface area contributed by atoms with Crippen molar-refractivity contribution in [3.05, 3.63) is 59.4 Å². The Morgan fingerprint density at radius 3 is 2.20 bits per heavy atom. The number of nitrogens with one attached hydrogen (secondary N) is 2. The Bertz CT molecular complexity index is 1450. The summed E-state index contributed by atoms with van der Waals surface area (Å²) in [6.07, 6.45) is -4.55. The van der Waals surface area contributed by atoms with Gasteiger partial charge in [-0.05, 0) is 61.2 Å². The van der Waals surface area contributed by atoms with Crippen LogP contribution in [-0.2, 0) is 20.5 Å². The Balaban J connectivity index is 1.31. The van der Waals surface area contributed by atoms with Crippen molar-refractivity contribution in [2.75, 3.05) is 43.6 Å². The van der Waals surface area contributed by atoms with Crippen molar-refractivity contribution >= 4 is 35.1 Å². The number of hydrogen-bond acceptors (Lipinski definition) is 6. The third-order valence-electron chi connectivity index (χ3n) is 8.40. The maximum absolute atomic E-state index is 14.4. The number of anilines is 2. The Hall–Kier alpha value is -4.20. The molecule has 3 aliphatic heterocycles. The number of likely N-dealkylation sites (N-methyl/N-ethyl adjacent to an activating group) is 1. The number of benzene rings is 2. The lowest BCUT2D eigenvalue weighted by atomic mass is 9.85. The number of amides is 5. The molecule has 5 amide bonds. The first-order valence-electron chi connectivity index (χ1n) is 14.3. The van der Waals surface area contributed by atoms with Gasteiger partial charge in [-0.1, -0.05) is 13.8 Å².